The van der Waals surface area contributed by atoms with Gasteiger partial charge in [-0.2, -0.15) is 0 Å². The maximum absolute atomic E-state index is 11.9. The van der Waals surface area contributed by atoms with E-state index in [-0.39, 0.29) is 17.9 Å². The summed E-state index contributed by atoms with van der Waals surface area (Å²) in [6, 6.07) is 0.261. The molecule has 2 fully saturated rings. The zero-order chi connectivity index (χ0) is 10.8. The molecule has 0 aromatic heterocycles. The molecule has 3 atom stereocenters. The van der Waals surface area contributed by atoms with Crippen LogP contribution >= 0.6 is 11.8 Å². The number of hydrogen-bond donors (Lipinski definition) is 0. The second-order valence-electron chi connectivity index (χ2n) is 4.79. The fourth-order valence-electron chi connectivity index (χ4n) is 2.93. The number of allylic oxidation sites excluding steroid dienone is 1. The van der Waals surface area contributed by atoms with E-state index in [1.165, 1.54) is 4.42 Å². The summed E-state index contributed by atoms with van der Waals surface area (Å²) in [5.74, 6) is 0.927. The third-order valence-corrected chi connectivity index (χ3v) is 4.14. The van der Waals surface area contributed by atoms with Gasteiger partial charge in [-0.1, -0.05) is 12.5 Å². The number of amides is 1. The van der Waals surface area contributed by atoms with Crippen molar-refractivity contribution in [2.24, 2.45) is 11.8 Å². The number of fused-ring (bicyclic) bond motifs is 3. The third-order valence-electron chi connectivity index (χ3n) is 3.69. The highest BCUT2D eigenvalue weighted by Crippen LogP contribution is 2.37. The summed E-state index contributed by atoms with van der Waals surface area (Å²) in [5.41, 5.74) is 0. The maximum atomic E-state index is 11.9. The van der Waals surface area contributed by atoms with Gasteiger partial charge >= 0.3 is 0 Å². The Morgan fingerprint density at radius 3 is 3.00 bits per heavy atom. The summed E-state index contributed by atoms with van der Waals surface area (Å²) >= 11 is 6.10. The molecule has 2 rings (SSSR count). The molecular weight excluding hydrogens is 210 g/mol. The molecule has 2 heterocycles. The molecule has 0 N–H and O–H groups in total. The molecule has 84 valence electrons. The number of halogens is 1. The molecule has 0 aromatic rings. The Balaban J connectivity index is 2.17. The van der Waals surface area contributed by atoms with Crippen molar-refractivity contribution in [2.75, 3.05) is 0 Å². The van der Waals surface area contributed by atoms with Crippen molar-refractivity contribution in [3.8, 4) is 0 Å². The van der Waals surface area contributed by atoms with Crippen molar-refractivity contribution in [3.63, 3.8) is 0 Å². The number of carbonyl (C=O) groups excluding carboxylic acids is 1. The lowest BCUT2D eigenvalue weighted by molar-refractivity contribution is -0.131. The van der Waals surface area contributed by atoms with Crippen LogP contribution in [0.4, 0.5) is 0 Å². The summed E-state index contributed by atoms with van der Waals surface area (Å²) < 4.78 is 1.49. The average Bonchev–Trinajstić information content (AvgIpc) is 2.36. The number of hydrogen-bond acceptors (Lipinski definition) is 1. The topological polar surface area (TPSA) is 20.3 Å². The fraction of sp³-hybridized carbons (Fsp3) is 0.750. The molecule has 2 bridgehead atoms. The van der Waals surface area contributed by atoms with E-state index in [1.807, 2.05) is 6.08 Å². The van der Waals surface area contributed by atoms with Crippen molar-refractivity contribution < 1.29 is 4.79 Å². The highest BCUT2D eigenvalue weighted by molar-refractivity contribution is 6.21. The monoisotopic (exact) mass is 227 g/mol. The van der Waals surface area contributed by atoms with Crippen LogP contribution in [-0.2, 0) is 4.79 Å². The molecule has 2 nitrogen and oxygen atoms in total. The number of carbonyl (C=O) groups is 1. The van der Waals surface area contributed by atoms with Crippen LogP contribution in [0.5, 0.6) is 0 Å². The Morgan fingerprint density at radius 1 is 1.47 bits per heavy atom. The van der Waals surface area contributed by atoms with Crippen molar-refractivity contribution in [1.82, 2.24) is 4.42 Å². The zero-order valence-electron chi connectivity index (χ0n) is 8.99. The van der Waals surface area contributed by atoms with Crippen molar-refractivity contribution in [3.05, 3.63) is 12.7 Å². The first-order valence-corrected chi connectivity index (χ1v) is 6.16. The Hall–Kier alpha value is -0.500. The van der Waals surface area contributed by atoms with Crippen LogP contribution in [0.25, 0.3) is 0 Å². The molecule has 0 saturated carbocycles. The molecular formula is C12H18ClNO. The first-order chi connectivity index (χ1) is 7.22. The van der Waals surface area contributed by atoms with E-state index >= 15 is 0 Å². The van der Waals surface area contributed by atoms with Crippen molar-refractivity contribution in [2.45, 2.75) is 44.6 Å². The predicted octanol–water partition coefficient (Wildman–Crippen LogP) is 3.12. The Morgan fingerprint density at radius 2 is 2.27 bits per heavy atom. The van der Waals surface area contributed by atoms with Gasteiger partial charge < -0.3 is 0 Å². The SMILES string of the molecule is C=CC[C@@H]1C[C@H]2CCC[C@@H](C1)N(Cl)C2=O. The van der Waals surface area contributed by atoms with Crippen LogP contribution in [0.2, 0.25) is 0 Å². The molecule has 2 aliphatic rings. The standard InChI is InChI=1S/C12H18ClNO/c1-2-4-9-7-10-5-3-6-11(8-9)14(13)12(10)15/h2,9-11H,1,3-8H2/t9-,10-,11+/m1/s1. The minimum Gasteiger partial charge on any atom is -0.273 e. The molecule has 0 unspecified atom stereocenters. The molecule has 0 aromatic carbocycles. The molecule has 3 heteroatoms. The van der Waals surface area contributed by atoms with Gasteiger partial charge in [0.05, 0.1) is 0 Å². The second kappa shape index (κ2) is 4.56. The van der Waals surface area contributed by atoms with E-state index in [0.29, 0.717) is 5.92 Å². The van der Waals surface area contributed by atoms with Crippen molar-refractivity contribution >= 4 is 17.7 Å². The lowest BCUT2D eigenvalue weighted by Gasteiger charge is -2.24. The van der Waals surface area contributed by atoms with Gasteiger partial charge in [-0.3, -0.25) is 9.21 Å². The van der Waals surface area contributed by atoms with Gasteiger partial charge in [-0.05, 0) is 38.0 Å². The minimum absolute atomic E-state index is 0.158. The third kappa shape index (κ3) is 2.20. The molecule has 2 aliphatic heterocycles. The van der Waals surface area contributed by atoms with Crippen LogP contribution in [0.3, 0.4) is 0 Å². The highest BCUT2D eigenvalue weighted by Gasteiger charge is 2.38. The van der Waals surface area contributed by atoms with Gasteiger partial charge in [0.2, 0.25) is 5.91 Å². The van der Waals surface area contributed by atoms with Gasteiger partial charge in [0.15, 0.2) is 0 Å². The van der Waals surface area contributed by atoms with Crippen molar-refractivity contribution in [1.29, 1.82) is 0 Å². The summed E-state index contributed by atoms with van der Waals surface area (Å²) in [5, 5.41) is 0. The Kier molecular flexibility index (Phi) is 3.35. The fourth-order valence-corrected chi connectivity index (χ4v) is 3.25. The van der Waals surface area contributed by atoms with Gasteiger partial charge in [0.25, 0.3) is 0 Å². The number of nitrogens with zero attached hydrogens (tertiary/aromatic N) is 1. The van der Waals surface area contributed by atoms with E-state index in [1.54, 1.807) is 0 Å². The highest BCUT2D eigenvalue weighted by atomic mass is 35.5. The second-order valence-corrected chi connectivity index (χ2v) is 5.16. The smallest absolute Gasteiger partial charge is 0.240 e. The van der Waals surface area contributed by atoms with Crippen LogP contribution in [0.1, 0.15) is 38.5 Å². The first-order valence-electron chi connectivity index (χ1n) is 5.82. The summed E-state index contributed by atoms with van der Waals surface area (Å²) in [7, 11) is 0. The predicted molar refractivity (Wildman–Crippen MR) is 61.4 cm³/mol. The maximum Gasteiger partial charge on any atom is 0.240 e. The van der Waals surface area contributed by atoms with Crippen LogP contribution in [-0.4, -0.2) is 16.4 Å². The summed E-state index contributed by atoms with van der Waals surface area (Å²) in [6.45, 7) is 3.79. The van der Waals surface area contributed by atoms with E-state index < -0.39 is 0 Å². The zero-order valence-corrected chi connectivity index (χ0v) is 9.75. The minimum atomic E-state index is 0.158. The molecule has 1 amide bonds. The molecule has 2 saturated heterocycles. The lowest BCUT2D eigenvalue weighted by Crippen LogP contribution is -2.31. The van der Waals surface area contributed by atoms with E-state index in [4.69, 9.17) is 11.8 Å². The van der Waals surface area contributed by atoms with E-state index in [9.17, 15) is 4.79 Å². The molecule has 15 heavy (non-hydrogen) atoms. The quantitative estimate of drug-likeness (QED) is 0.524. The molecule has 0 radical (unpaired) electrons. The first kappa shape index (κ1) is 11.0. The Bertz CT molecular complexity index is 266. The molecule has 0 spiro atoms. The normalized spacial score (nSPS) is 36.2. The van der Waals surface area contributed by atoms with Gasteiger partial charge in [-0.25, -0.2) is 0 Å². The van der Waals surface area contributed by atoms with E-state index in [0.717, 1.165) is 38.5 Å². The average molecular weight is 228 g/mol. The van der Waals surface area contributed by atoms with Gasteiger partial charge in [0.1, 0.15) is 0 Å². The van der Waals surface area contributed by atoms with Crippen LogP contribution in [0, 0.1) is 11.8 Å². The van der Waals surface area contributed by atoms with Gasteiger partial charge in [0, 0.05) is 23.7 Å². The van der Waals surface area contributed by atoms with Crippen LogP contribution < -0.4 is 0 Å². The summed E-state index contributed by atoms with van der Waals surface area (Å²) in [4.78, 5) is 11.9. The van der Waals surface area contributed by atoms with Crippen LogP contribution in [0.15, 0.2) is 12.7 Å². The largest absolute Gasteiger partial charge is 0.273 e. The lowest BCUT2D eigenvalue weighted by atomic mass is 9.83. The number of rotatable bonds is 2. The Labute approximate surface area is 96.4 Å². The summed E-state index contributed by atoms with van der Waals surface area (Å²) in [6.07, 6.45) is 8.28. The van der Waals surface area contributed by atoms with E-state index in [2.05, 4.69) is 6.58 Å². The molecule has 0 aliphatic carbocycles. The van der Waals surface area contributed by atoms with Gasteiger partial charge in [-0.15, -0.1) is 6.58 Å².